The van der Waals surface area contributed by atoms with Crippen LogP contribution >= 0.6 is 34.4 Å². The molecule has 0 unspecified atom stereocenters. The summed E-state index contributed by atoms with van der Waals surface area (Å²) in [4.78, 5) is 14.5. The van der Waals surface area contributed by atoms with Crippen molar-refractivity contribution in [3.8, 4) is 5.75 Å². The van der Waals surface area contributed by atoms with Crippen LogP contribution in [-0.4, -0.2) is 38.7 Å². The highest BCUT2D eigenvalue weighted by atomic mass is 124. The van der Waals surface area contributed by atoms with E-state index in [2.05, 4.69) is 68.4 Å². The van der Waals surface area contributed by atoms with Gasteiger partial charge in [0, 0.05) is 27.5 Å². The van der Waals surface area contributed by atoms with E-state index in [0.29, 0.717) is 17.4 Å². The lowest BCUT2D eigenvalue weighted by atomic mass is 10.2. The summed E-state index contributed by atoms with van der Waals surface area (Å²) >= 11 is 4.01. The molecule has 28 heavy (non-hydrogen) atoms. The molecule has 0 fully saturated rings. The van der Waals surface area contributed by atoms with Gasteiger partial charge in [0.15, 0.2) is 22.1 Å². The maximum Gasteiger partial charge on any atom is 0.175 e. The molecule has 0 spiro atoms. The number of ether oxygens (including phenoxy) is 1. The monoisotopic (exact) mass is 507 g/mol. The summed E-state index contributed by atoms with van der Waals surface area (Å²) in [5.74, 6) is 1.42. The number of hydrogen-bond donors (Lipinski definition) is 2. The van der Waals surface area contributed by atoms with Gasteiger partial charge in [0.25, 0.3) is 0 Å². The molecule has 1 aliphatic rings. The third kappa shape index (κ3) is 4.06. The fourth-order valence-electron chi connectivity index (χ4n) is 3.20. The van der Waals surface area contributed by atoms with Crippen LogP contribution in [0.2, 0.25) is 0 Å². The molecule has 0 amide bonds. The molecular formula is C19H23IN6OS. The maximum atomic E-state index is 6.06. The molecule has 1 aromatic carbocycles. The molecule has 3 N–H and O–H groups in total. The molecule has 0 bridgehead atoms. The SMILES string of the molecule is CC(C)NCCCn1c(Sc2cc3c(cc2[124I])OCC3)nc2c(N)ncnc21. The first-order chi connectivity index (χ1) is 13.5. The van der Waals surface area contributed by atoms with Crippen LogP contribution in [0.4, 0.5) is 5.82 Å². The largest absolute Gasteiger partial charge is 0.493 e. The molecule has 1 aliphatic heterocycles. The highest BCUT2D eigenvalue weighted by Gasteiger charge is 2.20. The van der Waals surface area contributed by atoms with Crippen molar-refractivity contribution in [2.75, 3.05) is 18.9 Å². The number of nitrogens with two attached hydrogens (primary N) is 1. The Bertz CT molecular complexity index is 1010. The lowest BCUT2D eigenvalue weighted by Crippen LogP contribution is -2.24. The van der Waals surface area contributed by atoms with Crippen LogP contribution in [0.25, 0.3) is 11.2 Å². The van der Waals surface area contributed by atoms with E-state index in [1.807, 2.05) is 0 Å². The molecule has 3 heterocycles. The number of hydrogen-bond acceptors (Lipinski definition) is 7. The number of anilines is 1. The number of benzene rings is 1. The second-order valence-corrected chi connectivity index (χ2v) is 9.20. The van der Waals surface area contributed by atoms with Gasteiger partial charge in [0.2, 0.25) is 0 Å². The van der Waals surface area contributed by atoms with Crippen molar-refractivity contribution in [3.05, 3.63) is 27.6 Å². The highest BCUT2D eigenvalue weighted by Crippen LogP contribution is 2.38. The Morgan fingerprint density at radius 3 is 3.04 bits per heavy atom. The van der Waals surface area contributed by atoms with E-state index in [0.717, 1.165) is 52.7 Å². The van der Waals surface area contributed by atoms with Crippen molar-refractivity contribution in [1.82, 2.24) is 24.8 Å². The fourth-order valence-corrected chi connectivity index (χ4v) is 4.94. The molecule has 0 atom stereocenters. The summed E-state index contributed by atoms with van der Waals surface area (Å²) in [6.45, 7) is 6.82. The zero-order chi connectivity index (χ0) is 19.7. The van der Waals surface area contributed by atoms with Crippen LogP contribution in [0.1, 0.15) is 25.8 Å². The minimum atomic E-state index is 0.419. The van der Waals surface area contributed by atoms with Crippen LogP contribution in [-0.2, 0) is 13.0 Å². The van der Waals surface area contributed by atoms with Gasteiger partial charge in [-0.3, -0.25) is 0 Å². The second kappa shape index (κ2) is 8.42. The van der Waals surface area contributed by atoms with Gasteiger partial charge in [0.05, 0.1) is 6.61 Å². The summed E-state index contributed by atoms with van der Waals surface area (Å²) in [6.07, 6.45) is 3.44. The Morgan fingerprint density at radius 1 is 1.36 bits per heavy atom. The smallest absolute Gasteiger partial charge is 0.175 e. The predicted octanol–water partition coefficient (Wildman–Crippen LogP) is 3.49. The first-order valence-electron chi connectivity index (χ1n) is 9.36. The normalized spacial score (nSPS) is 13.3. The van der Waals surface area contributed by atoms with Gasteiger partial charge in [-0.15, -0.1) is 0 Å². The van der Waals surface area contributed by atoms with E-state index >= 15 is 0 Å². The van der Waals surface area contributed by atoms with Crippen molar-refractivity contribution >= 4 is 51.3 Å². The fraction of sp³-hybridized carbons (Fsp3) is 0.421. The Kier molecular flexibility index (Phi) is 5.93. The molecule has 2 aromatic heterocycles. The number of fused-ring (bicyclic) bond motifs is 2. The minimum Gasteiger partial charge on any atom is -0.493 e. The Morgan fingerprint density at radius 2 is 2.21 bits per heavy atom. The zero-order valence-electron chi connectivity index (χ0n) is 15.9. The topological polar surface area (TPSA) is 90.9 Å². The van der Waals surface area contributed by atoms with Gasteiger partial charge in [-0.1, -0.05) is 25.6 Å². The number of rotatable bonds is 7. The van der Waals surface area contributed by atoms with Gasteiger partial charge in [-0.2, -0.15) is 0 Å². The molecule has 0 saturated carbocycles. The molecule has 0 saturated heterocycles. The van der Waals surface area contributed by atoms with E-state index < -0.39 is 0 Å². The van der Waals surface area contributed by atoms with Crippen LogP contribution in [0.3, 0.4) is 0 Å². The Balaban J connectivity index is 1.66. The first kappa shape index (κ1) is 19.7. The van der Waals surface area contributed by atoms with E-state index in [-0.39, 0.29) is 0 Å². The van der Waals surface area contributed by atoms with Crippen molar-refractivity contribution in [2.45, 2.75) is 49.3 Å². The lowest BCUT2D eigenvalue weighted by Gasteiger charge is -2.11. The standard InChI is InChI=1S/C19H23IN6OS/c1-11(2)22-5-3-6-26-18-16(17(21)23-10-24-18)25-19(26)28-15-8-12-4-7-27-14(12)9-13(15)20/h8-11,22H,3-7H2,1-2H3,(H2,21,23,24)/i20-3. The number of aromatic nitrogens is 4. The number of nitrogen functional groups attached to an aromatic ring is 1. The summed E-state index contributed by atoms with van der Waals surface area (Å²) in [7, 11) is 0. The van der Waals surface area contributed by atoms with Crippen LogP contribution < -0.4 is 15.8 Å². The van der Waals surface area contributed by atoms with Gasteiger partial charge in [0.1, 0.15) is 12.1 Å². The molecule has 0 radical (unpaired) electrons. The average Bonchev–Trinajstić information content (AvgIpc) is 3.24. The van der Waals surface area contributed by atoms with Crippen LogP contribution in [0, 0.1) is 3.57 Å². The number of halogens is 1. The van der Waals surface area contributed by atoms with Crippen molar-refractivity contribution in [1.29, 1.82) is 0 Å². The van der Waals surface area contributed by atoms with E-state index in [4.69, 9.17) is 15.5 Å². The molecule has 4 rings (SSSR count). The van der Waals surface area contributed by atoms with Gasteiger partial charge >= 0.3 is 0 Å². The molecule has 148 valence electrons. The summed E-state index contributed by atoms with van der Waals surface area (Å²) in [6, 6.07) is 4.80. The zero-order valence-corrected chi connectivity index (χ0v) is 18.9. The molecule has 7 nitrogen and oxygen atoms in total. The van der Waals surface area contributed by atoms with Crippen molar-refractivity contribution in [2.24, 2.45) is 0 Å². The van der Waals surface area contributed by atoms with E-state index in [1.165, 1.54) is 16.8 Å². The minimum absolute atomic E-state index is 0.419. The van der Waals surface area contributed by atoms with Gasteiger partial charge in [-0.25, -0.2) is 15.0 Å². The van der Waals surface area contributed by atoms with Crippen LogP contribution in [0.5, 0.6) is 5.75 Å². The van der Waals surface area contributed by atoms with Gasteiger partial charge < -0.3 is 20.4 Å². The molecule has 9 heteroatoms. The average molecular weight is 507 g/mol. The molecular weight excluding hydrogens is 484 g/mol. The third-order valence-corrected chi connectivity index (χ3v) is 6.89. The maximum absolute atomic E-state index is 6.06. The van der Waals surface area contributed by atoms with E-state index in [1.54, 1.807) is 11.8 Å². The summed E-state index contributed by atoms with van der Waals surface area (Å²) in [5, 5.41) is 4.35. The Labute approximate surface area is 182 Å². The first-order valence-corrected chi connectivity index (χ1v) is 11.3. The number of aryl methyl sites for hydroxylation is 1. The van der Waals surface area contributed by atoms with Crippen molar-refractivity contribution in [3.63, 3.8) is 0 Å². The number of nitrogens with zero attached hydrogens (tertiary/aromatic N) is 4. The van der Waals surface area contributed by atoms with E-state index in [9.17, 15) is 0 Å². The predicted molar refractivity (Wildman–Crippen MR) is 120 cm³/mol. The number of imidazole rings is 1. The Hall–Kier alpha value is -1.59. The quantitative estimate of drug-likeness (QED) is 0.374. The summed E-state index contributed by atoms with van der Waals surface area (Å²) < 4.78 is 8.99. The van der Waals surface area contributed by atoms with Crippen molar-refractivity contribution < 1.29 is 4.74 Å². The third-order valence-electron chi connectivity index (χ3n) is 4.58. The lowest BCUT2D eigenvalue weighted by molar-refractivity contribution is 0.356. The molecule has 3 aromatic rings. The van der Waals surface area contributed by atoms with Gasteiger partial charge in [-0.05, 0) is 53.3 Å². The number of nitrogens with one attached hydrogen (secondary N) is 1. The summed E-state index contributed by atoms with van der Waals surface area (Å²) in [5.41, 5.74) is 8.78. The molecule has 0 aliphatic carbocycles. The highest BCUT2D eigenvalue weighted by molar-refractivity contribution is 14.1. The van der Waals surface area contributed by atoms with Crippen LogP contribution in [0.15, 0.2) is 28.5 Å². The second-order valence-electron chi connectivity index (χ2n) is 7.03.